The smallest absolute Gasteiger partial charge is 0.0587 e. The lowest BCUT2D eigenvalue weighted by atomic mass is 9.90. The van der Waals surface area contributed by atoms with Crippen LogP contribution in [-0.4, -0.2) is 26.8 Å². The molecule has 2 nitrogen and oxygen atoms in total. The van der Waals surface area contributed by atoms with Gasteiger partial charge >= 0.3 is 0 Å². The molecule has 1 aromatic carbocycles. The predicted octanol–water partition coefficient (Wildman–Crippen LogP) is 4.22. The summed E-state index contributed by atoms with van der Waals surface area (Å²) in [5.41, 5.74) is 2.92. The van der Waals surface area contributed by atoms with Gasteiger partial charge in [0.25, 0.3) is 0 Å². The molecule has 0 radical (unpaired) electrons. The van der Waals surface area contributed by atoms with Crippen LogP contribution in [0.15, 0.2) is 24.3 Å². The Bertz CT molecular complexity index is 376. The number of hydrogen-bond acceptors (Lipinski definition) is 2. The summed E-state index contributed by atoms with van der Waals surface area (Å²) in [6.07, 6.45) is 5.17. The Labute approximate surface area is 131 Å². The molecule has 0 heterocycles. The highest BCUT2D eigenvalue weighted by Gasteiger charge is 2.11. The van der Waals surface area contributed by atoms with Gasteiger partial charge in [0.1, 0.15) is 0 Å². The van der Waals surface area contributed by atoms with Gasteiger partial charge in [-0.1, -0.05) is 51.0 Å². The maximum absolute atomic E-state index is 5.11. The molecule has 0 fully saturated rings. The SMILES string of the molecule is COCCNCC(CCCC(C)C)Cc1ccccc1C. The summed E-state index contributed by atoms with van der Waals surface area (Å²) in [5.74, 6) is 1.53. The average Bonchev–Trinajstić information content (AvgIpc) is 2.45. The Balaban J connectivity index is 2.47. The molecule has 0 amide bonds. The van der Waals surface area contributed by atoms with Gasteiger partial charge in [0.15, 0.2) is 0 Å². The van der Waals surface area contributed by atoms with Crippen molar-refractivity contribution in [1.29, 1.82) is 0 Å². The van der Waals surface area contributed by atoms with Gasteiger partial charge < -0.3 is 10.1 Å². The summed E-state index contributed by atoms with van der Waals surface area (Å²) in [4.78, 5) is 0. The quantitative estimate of drug-likeness (QED) is 0.616. The molecule has 0 aromatic heterocycles. The molecule has 1 N–H and O–H groups in total. The summed E-state index contributed by atoms with van der Waals surface area (Å²) in [6, 6.07) is 8.79. The van der Waals surface area contributed by atoms with Crippen molar-refractivity contribution in [2.24, 2.45) is 11.8 Å². The molecule has 0 aliphatic carbocycles. The van der Waals surface area contributed by atoms with Crippen molar-refractivity contribution >= 4 is 0 Å². The number of aryl methyl sites for hydroxylation is 1. The van der Waals surface area contributed by atoms with Gasteiger partial charge in [-0.05, 0) is 49.3 Å². The number of hydrogen-bond donors (Lipinski definition) is 1. The lowest BCUT2D eigenvalue weighted by Crippen LogP contribution is -2.27. The predicted molar refractivity (Wildman–Crippen MR) is 91.8 cm³/mol. The first kappa shape index (κ1) is 18.2. The second-order valence-electron chi connectivity index (χ2n) is 6.52. The van der Waals surface area contributed by atoms with Crippen molar-refractivity contribution < 1.29 is 4.74 Å². The summed E-state index contributed by atoms with van der Waals surface area (Å²) in [7, 11) is 1.76. The van der Waals surface area contributed by atoms with Crippen LogP contribution >= 0.6 is 0 Å². The Morgan fingerprint density at radius 2 is 1.90 bits per heavy atom. The highest BCUT2D eigenvalue weighted by Crippen LogP contribution is 2.19. The van der Waals surface area contributed by atoms with Crippen molar-refractivity contribution in [3.63, 3.8) is 0 Å². The Kier molecular flexibility index (Phi) is 9.36. The van der Waals surface area contributed by atoms with Gasteiger partial charge in [-0.15, -0.1) is 0 Å². The van der Waals surface area contributed by atoms with Crippen LogP contribution in [0.2, 0.25) is 0 Å². The maximum Gasteiger partial charge on any atom is 0.0587 e. The van der Waals surface area contributed by atoms with Crippen LogP contribution in [0.25, 0.3) is 0 Å². The number of ether oxygens (including phenoxy) is 1. The van der Waals surface area contributed by atoms with Crippen LogP contribution < -0.4 is 5.32 Å². The van der Waals surface area contributed by atoms with Crippen LogP contribution in [0, 0.1) is 18.8 Å². The molecule has 21 heavy (non-hydrogen) atoms. The molecule has 0 spiro atoms. The van der Waals surface area contributed by atoms with Crippen LogP contribution in [0.1, 0.15) is 44.2 Å². The van der Waals surface area contributed by atoms with E-state index >= 15 is 0 Å². The van der Waals surface area contributed by atoms with E-state index in [1.807, 2.05) is 0 Å². The van der Waals surface area contributed by atoms with Crippen molar-refractivity contribution in [3.8, 4) is 0 Å². The van der Waals surface area contributed by atoms with Gasteiger partial charge in [-0.3, -0.25) is 0 Å². The first-order valence-electron chi connectivity index (χ1n) is 8.37. The molecule has 0 saturated carbocycles. The van der Waals surface area contributed by atoms with E-state index in [1.54, 1.807) is 7.11 Å². The van der Waals surface area contributed by atoms with E-state index in [0.29, 0.717) is 0 Å². The molecular formula is C19H33NO. The summed E-state index contributed by atoms with van der Waals surface area (Å²) < 4.78 is 5.11. The largest absolute Gasteiger partial charge is 0.383 e. The van der Waals surface area contributed by atoms with Crippen molar-refractivity contribution in [2.45, 2.75) is 46.5 Å². The zero-order chi connectivity index (χ0) is 15.5. The number of rotatable bonds is 11. The van der Waals surface area contributed by atoms with E-state index < -0.39 is 0 Å². The Morgan fingerprint density at radius 1 is 1.14 bits per heavy atom. The number of methoxy groups -OCH3 is 1. The highest BCUT2D eigenvalue weighted by atomic mass is 16.5. The first-order valence-corrected chi connectivity index (χ1v) is 8.37. The standard InChI is InChI=1S/C19H33NO/c1-16(2)8-7-10-18(15-20-12-13-21-4)14-19-11-6-5-9-17(19)3/h5-6,9,11,16,18,20H,7-8,10,12-15H2,1-4H3. The molecule has 1 aromatic rings. The van der Waals surface area contributed by atoms with Crippen LogP contribution in [0.4, 0.5) is 0 Å². The topological polar surface area (TPSA) is 21.3 Å². The maximum atomic E-state index is 5.11. The first-order chi connectivity index (χ1) is 10.1. The van der Waals surface area contributed by atoms with Crippen LogP contribution in [-0.2, 0) is 11.2 Å². The molecule has 1 unspecified atom stereocenters. The number of benzene rings is 1. The molecule has 2 heteroatoms. The summed E-state index contributed by atoms with van der Waals surface area (Å²) in [6.45, 7) is 9.68. The van der Waals surface area contributed by atoms with Crippen LogP contribution in [0.5, 0.6) is 0 Å². The fourth-order valence-corrected chi connectivity index (χ4v) is 2.72. The highest BCUT2D eigenvalue weighted by molar-refractivity contribution is 5.25. The lowest BCUT2D eigenvalue weighted by Gasteiger charge is -2.19. The minimum atomic E-state index is 0.724. The van der Waals surface area contributed by atoms with Gasteiger partial charge in [0.05, 0.1) is 6.61 Å². The van der Waals surface area contributed by atoms with Crippen molar-refractivity contribution in [2.75, 3.05) is 26.8 Å². The normalized spacial score (nSPS) is 12.8. The minimum Gasteiger partial charge on any atom is -0.383 e. The second kappa shape index (κ2) is 10.8. The third-order valence-electron chi connectivity index (χ3n) is 4.08. The van der Waals surface area contributed by atoms with Crippen molar-refractivity contribution in [3.05, 3.63) is 35.4 Å². The minimum absolute atomic E-state index is 0.724. The monoisotopic (exact) mass is 291 g/mol. The molecule has 120 valence electrons. The summed E-state index contributed by atoms with van der Waals surface area (Å²) in [5, 5.41) is 3.54. The molecule has 0 bridgehead atoms. The lowest BCUT2D eigenvalue weighted by molar-refractivity contribution is 0.197. The van der Waals surface area contributed by atoms with Crippen LogP contribution in [0.3, 0.4) is 0 Å². The van der Waals surface area contributed by atoms with Gasteiger partial charge in [-0.2, -0.15) is 0 Å². The molecular weight excluding hydrogens is 258 g/mol. The third kappa shape index (κ3) is 8.23. The van der Waals surface area contributed by atoms with Gasteiger partial charge in [-0.25, -0.2) is 0 Å². The zero-order valence-electron chi connectivity index (χ0n) is 14.3. The summed E-state index contributed by atoms with van der Waals surface area (Å²) >= 11 is 0. The average molecular weight is 291 g/mol. The fraction of sp³-hybridized carbons (Fsp3) is 0.684. The van der Waals surface area contributed by atoms with E-state index in [4.69, 9.17) is 4.74 Å². The van der Waals surface area contributed by atoms with Crippen molar-refractivity contribution in [1.82, 2.24) is 5.32 Å². The number of nitrogens with one attached hydrogen (secondary N) is 1. The van der Waals surface area contributed by atoms with E-state index in [2.05, 4.69) is 50.4 Å². The van der Waals surface area contributed by atoms with Gasteiger partial charge in [0, 0.05) is 13.7 Å². The fourth-order valence-electron chi connectivity index (χ4n) is 2.72. The molecule has 0 aliphatic heterocycles. The van der Waals surface area contributed by atoms with E-state index in [9.17, 15) is 0 Å². The Morgan fingerprint density at radius 3 is 2.57 bits per heavy atom. The van der Waals surface area contributed by atoms with Gasteiger partial charge in [0.2, 0.25) is 0 Å². The third-order valence-corrected chi connectivity index (χ3v) is 4.08. The molecule has 1 rings (SSSR count). The second-order valence-corrected chi connectivity index (χ2v) is 6.52. The Hall–Kier alpha value is -0.860. The molecule has 0 saturated heterocycles. The van der Waals surface area contributed by atoms with E-state index in [-0.39, 0.29) is 0 Å². The van der Waals surface area contributed by atoms with E-state index in [0.717, 1.165) is 31.5 Å². The molecule has 0 aliphatic rings. The zero-order valence-corrected chi connectivity index (χ0v) is 14.3. The van der Waals surface area contributed by atoms with E-state index in [1.165, 1.54) is 36.8 Å². The molecule has 1 atom stereocenters.